The summed E-state index contributed by atoms with van der Waals surface area (Å²) in [6.07, 6.45) is 24.1. The number of carbonyl (C=O) groups excluding carboxylic acids is 1. The van der Waals surface area contributed by atoms with Crippen molar-refractivity contribution in [3.05, 3.63) is 58.7 Å². The molecule has 0 heterocycles. The van der Waals surface area contributed by atoms with Crippen molar-refractivity contribution in [2.75, 3.05) is 0 Å². The normalized spacial score (nSPS) is 11.2. The molecule has 3 nitrogen and oxygen atoms in total. The molecule has 0 fully saturated rings. The number of aryl methyl sites for hydroxylation is 2. The molecule has 2 aromatic rings. The highest BCUT2D eigenvalue weighted by molar-refractivity contribution is 6.12. The van der Waals surface area contributed by atoms with Crippen LogP contribution in [0.4, 0.5) is 0 Å². The largest absolute Gasteiger partial charge is 0.507 e. The van der Waals surface area contributed by atoms with Crippen molar-refractivity contribution in [3.63, 3.8) is 0 Å². The summed E-state index contributed by atoms with van der Waals surface area (Å²) in [7, 11) is 0. The fraction of sp³-hybridized carbons (Fsp3) is 0.629. The van der Waals surface area contributed by atoms with Gasteiger partial charge >= 0.3 is 0 Å². The van der Waals surface area contributed by atoms with Gasteiger partial charge in [0, 0.05) is 0 Å². The van der Waals surface area contributed by atoms with E-state index in [2.05, 4.69) is 13.8 Å². The highest BCUT2D eigenvalue weighted by Gasteiger charge is 2.20. The van der Waals surface area contributed by atoms with Crippen LogP contribution in [-0.2, 0) is 12.8 Å². The third kappa shape index (κ3) is 11.6. The number of aromatic hydroxyl groups is 2. The van der Waals surface area contributed by atoms with Crippen LogP contribution in [0.3, 0.4) is 0 Å². The summed E-state index contributed by atoms with van der Waals surface area (Å²) in [6, 6.07) is 10.9. The lowest BCUT2D eigenvalue weighted by molar-refractivity contribution is 0.103. The summed E-state index contributed by atoms with van der Waals surface area (Å²) >= 11 is 0. The minimum Gasteiger partial charge on any atom is -0.507 e. The fourth-order valence-electron chi connectivity index (χ4n) is 5.35. The Labute approximate surface area is 233 Å². The monoisotopic (exact) mass is 522 g/mol. The van der Waals surface area contributed by atoms with Crippen molar-refractivity contribution >= 4 is 5.78 Å². The van der Waals surface area contributed by atoms with Gasteiger partial charge in [0.25, 0.3) is 0 Å². The van der Waals surface area contributed by atoms with Crippen LogP contribution in [0.1, 0.15) is 156 Å². The molecule has 0 unspecified atom stereocenters. The second kappa shape index (κ2) is 19.7. The molecular formula is C35H54O3. The molecule has 0 aliphatic carbocycles. The second-order valence-electron chi connectivity index (χ2n) is 11.1. The molecule has 3 heteroatoms. The van der Waals surface area contributed by atoms with Crippen molar-refractivity contribution in [1.82, 2.24) is 0 Å². The van der Waals surface area contributed by atoms with E-state index in [0.717, 1.165) is 49.7 Å². The average Bonchev–Trinajstić information content (AvgIpc) is 2.92. The molecule has 0 aromatic heterocycles. The molecule has 0 spiro atoms. The highest BCUT2D eigenvalue weighted by atomic mass is 16.3. The Bertz CT molecular complexity index is 844. The van der Waals surface area contributed by atoms with Gasteiger partial charge in [0.15, 0.2) is 5.78 Å². The van der Waals surface area contributed by atoms with Crippen molar-refractivity contribution in [3.8, 4) is 11.5 Å². The smallest absolute Gasteiger partial charge is 0.200 e. The number of hydrogen-bond donors (Lipinski definition) is 2. The van der Waals surface area contributed by atoms with Crippen LogP contribution < -0.4 is 0 Å². The number of rotatable bonds is 22. The summed E-state index contributed by atoms with van der Waals surface area (Å²) < 4.78 is 0. The highest BCUT2D eigenvalue weighted by Crippen LogP contribution is 2.31. The van der Waals surface area contributed by atoms with Crippen LogP contribution in [0.2, 0.25) is 0 Å². The van der Waals surface area contributed by atoms with Crippen molar-refractivity contribution in [1.29, 1.82) is 0 Å². The molecule has 0 atom stereocenters. The zero-order valence-electron chi connectivity index (χ0n) is 24.4. The summed E-state index contributed by atoms with van der Waals surface area (Å²) in [5.74, 6) is -0.163. The minimum atomic E-state index is -0.303. The SMILES string of the molecule is CCCCCCCCCCCc1cccc(C(=O)c2cccc(CCCCCCCCCCC)c2O)c1O. The number of benzene rings is 2. The van der Waals surface area contributed by atoms with Crippen LogP contribution in [-0.4, -0.2) is 16.0 Å². The van der Waals surface area contributed by atoms with E-state index in [1.807, 2.05) is 24.3 Å². The zero-order chi connectivity index (χ0) is 27.4. The molecule has 38 heavy (non-hydrogen) atoms. The Balaban J connectivity index is 1.83. The van der Waals surface area contributed by atoms with Gasteiger partial charge in [0.2, 0.25) is 0 Å². The number of para-hydroxylation sites is 2. The topological polar surface area (TPSA) is 57.5 Å². The number of phenols is 2. The number of unbranched alkanes of at least 4 members (excludes halogenated alkanes) is 16. The predicted molar refractivity (Wildman–Crippen MR) is 162 cm³/mol. The summed E-state index contributed by atoms with van der Waals surface area (Å²) in [5, 5.41) is 21.8. The summed E-state index contributed by atoms with van der Waals surface area (Å²) in [6.45, 7) is 4.49. The van der Waals surface area contributed by atoms with E-state index in [0.29, 0.717) is 0 Å². The Morgan fingerprint density at radius 1 is 0.500 bits per heavy atom. The number of hydrogen-bond acceptors (Lipinski definition) is 3. The molecule has 0 aliphatic rings. The molecule has 2 N–H and O–H groups in total. The van der Waals surface area contributed by atoms with Crippen LogP contribution in [0.25, 0.3) is 0 Å². The maximum absolute atomic E-state index is 13.3. The third-order valence-electron chi connectivity index (χ3n) is 7.83. The Morgan fingerprint density at radius 2 is 0.816 bits per heavy atom. The first-order valence-electron chi connectivity index (χ1n) is 15.8. The molecule has 0 radical (unpaired) electrons. The van der Waals surface area contributed by atoms with Crippen LogP contribution in [0.15, 0.2) is 36.4 Å². The van der Waals surface area contributed by atoms with Gasteiger partial charge in [-0.05, 0) is 48.9 Å². The van der Waals surface area contributed by atoms with Crippen LogP contribution in [0, 0.1) is 0 Å². The number of phenolic OH excluding ortho intramolecular Hbond substituents is 2. The van der Waals surface area contributed by atoms with Crippen molar-refractivity contribution < 1.29 is 15.0 Å². The number of ketones is 1. The quantitative estimate of drug-likeness (QED) is 0.119. The molecule has 2 aromatic carbocycles. The van der Waals surface area contributed by atoms with E-state index >= 15 is 0 Å². The zero-order valence-corrected chi connectivity index (χ0v) is 24.4. The van der Waals surface area contributed by atoms with Crippen molar-refractivity contribution in [2.45, 2.75) is 142 Å². The third-order valence-corrected chi connectivity index (χ3v) is 7.83. The maximum Gasteiger partial charge on any atom is 0.200 e. The van der Waals surface area contributed by atoms with E-state index in [4.69, 9.17) is 0 Å². The first-order valence-corrected chi connectivity index (χ1v) is 15.8. The molecule has 0 saturated carbocycles. The molecular weight excluding hydrogens is 468 g/mol. The fourth-order valence-corrected chi connectivity index (χ4v) is 5.35. The van der Waals surface area contributed by atoms with Gasteiger partial charge in [-0.15, -0.1) is 0 Å². The standard InChI is InChI=1S/C35H54O3/c1-3-5-7-9-11-13-15-17-19-23-29-25-21-27-31(33(29)36)35(38)32-28-22-26-30(34(32)37)24-20-18-16-14-12-10-8-6-4-2/h21-22,25-28,36-37H,3-20,23-24H2,1-2H3. The molecule has 0 saturated heterocycles. The average molecular weight is 523 g/mol. The molecule has 0 amide bonds. The van der Waals surface area contributed by atoms with Gasteiger partial charge in [0.05, 0.1) is 11.1 Å². The Hall–Kier alpha value is -2.29. The summed E-state index contributed by atoms with van der Waals surface area (Å²) in [4.78, 5) is 13.3. The lowest BCUT2D eigenvalue weighted by Crippen LogP contribution is -2.05. The van der Waals surface area contributed by atoms with Gasteiger partial charge in [-0.3, -0.25) is 4.79 Å². The van der Waals surface area contributed by atoms with Crippen LogP contribution >= 0.6 is 0 Å². The Morgan fingerprint density at radius 3 is 1.16 bits per heavy atom. The maximum atomic E-state index is 13.3. The van der Waals surface area contributed by atoms with Gasteiger partial charge in [-0.1, -0.05) is 141 Å². The van der Waals surface area contributed by atoms with Gasteiger partial charge in [0.1, 0.15) is 11.5 Å². The molecule has 2 rings (SSSR count). The van der Waals surface area contributed by atoms with Crippen molar-refractivity contribution in [2.24, 2.45) is 0 Å². The van der Waals surface area contributed by atoms with Gasteiger partial charge in [-0.25, -0.2) is 0 Å². The predicted octanol–water partition coefficient (Wildman–Crippen LogP) is 10.5. The number of carbonyl (C=O) groups is 1. The molecule has 0 aliphatic heterocycles. The van der Waals surface area contributed by atoms with E-state index < -0.39 is 0 Å². The summed E-state index contributed by atoms with van der Waals surface area (Å²) in [5.41, 5.74) is 2.22. The van der Waals surface area contributed by atoms with Gasteiger partial charge in [-0.2, -0.15) is 0 Å². The van der Waals surface area contributed by atoms with Gasteiger partial charge < -0.3 is 10.2 Å². The minimum absolute atomic E-state index is 0.0702. The van der Waals surface area contributed by atoms with E-state index in [-0.39, 0.29) is 28.4 Å². The van der Waals surface area contributed by atoms with E-state index in [9.17, 15) is 15.0 Å². The molecule has 212 valence electrons. The van der Waals surface area contributed by atoms with Crippen LogP contribution in [0.5, 0.6) is 11.5 Å². The second-order valence-corrected chi connectivity index (χ2v) is 11.1. The lowest BCUT2D eigenvalue weighted by atomic mass is 9.94. The first-order chi connectivity index (χ1) is 18.6. The Kier molecular flexibility index (Phi) is 16.6. The molecule has 0 bridgehead atoms. The van der Waals surface area contributed by atoms with E-state index in [1.165, 1.54) is 89.9 Å². The first kappa shape index (κ1) is 31.9. The lowest BCUT2D eigenvalue weighted by Gasteiger charge is -2.12. The van der Waals surface area contributed by atoms with E-state index in [1.54, 1.807) is 12.1 Å².